The second-order valence-corrected chi connectivity index (χ2v) is 7.62. The molecule has 10 heteroatoms. The highest BCUT2D eigenvalue weighted by atomic mass is 32.2. The number of nitrogens with zero attached hydrogens (tertiary/aromatic N) is 3. The van der Waals surface area contributed by atoms with Crippen LogP contribution < -0.4 is 4.90 Å². The Bertz CT molecular complexity index is 585. The molecule has 1 aromatic heterocycles. The number of alkyl halides is 3. The van der Waals surface area contributed by atoms with Crippen molar-refractivity contribution in [1.82, 2.24) is 9.29 Å². The predicted octanol–water partition coefficient (Wildman–Crippen LogP) is 1.63. The topological polar surface area (TPSA) is 53.5 Å². The largest absolute Gasteiger partial charge is 0.427 e. The minimum Gasteiger partial charge on any atom is -0.345 e. The van der Waals surface area contributed by atoms with Crippen LogP contribution in [0.25, 0.3) is 0 Å². The minimum atomic E-state index is -4.39. The van der Waals surface area contributed by atoms with Gasteiger partial charge in [-0.05, 0) is 6.92 Å². The summed E-state index contributed by atoms with van der Waals surface area (Å²) in [5.74, 6) is 0. The molecule has 1 aliphatic rings. The average molecular weight is 329 g/mol. The van der Waals surface area contributed by atoms with E-state index in [4.69, 9.17) is 0 Å². The van der Waals surface area contributed by atoms with E-state index in [1.165, 1.54) is 4.31 Å². The molecule has 0 radical (unpaired) electrons. The van der Waals surface area contributed by atoms with Crippen LogP contribution in [-0.2, 0) is 16.2 Å². The van der Waals surface area contributed by atoms with Crippen molar-refractivity contribution in [3.05, 3.63) is 11.1 Å². The van der Waals surface area contributed by atoms with Gasteiger partial charge in [0.25, 0.3) is 0 Å². The zero-order valence-corrected chi connectivity index (χ0v) is 12.5. The first-order chi connectivity index (χ1) is 9.09. The van der Waals surface area contributed by atoms with Gasteiger partial charge in [-0.1, -0.05) is 11.3 Å². The smallest absolute Gasteiger partial charge is 0.345 e. The van der Waals surface area contributed by atoms with Gasteiger partial charge >= 0.3 is 6.18 Å². The average Bonchev–Trinajstić information content (AvgIpc) is 2.75. The van der Waals surface area contributed by atoms with E-state index in [0.717, 1.165) is 12.5 Å². The Morgan fingerprint density at radius 3 is 2.50 bits per heavy atom. The van der Waals surface area contributed by atoms with Crippen molar-refractivity contribution in [3.63, 3.8) is 0 Å². The van der Waals surface area contributed by atoms with E-state index in [1.807, 2.05) is 0 Å². The van der Waals surface area contributed by atoms with Crippen LogP contribution >= 0.6 is 11.3 Å². The number of anilines is 1. The summed E-state index contributed by atoms with van der Waals surface area (Å²) in [6.07, 6.45) is -2.45. The molecule has 114 valence electrons. The number of aromatic nitrogens is 1. The van der Waals surface area contributed by atoms with Gasteiger partial charge in [-0.2, -0.15) is 17.5 Å². The van der Waals surface area contributed by atoms with Crippen LogP contribution in [0.4, 0.5) is 18.3 Å². The first kappa shape index (κ1) is 15.5. The van der Waals surface area contributed by atoms with Crippen LogP contribution in [0.15, 0.2) is 6.20 Å². The third-order valence-electron chi connectivity index (χ3n) is 3.04. The lowest BCUT2D eigenvalue weighted by atomic mass is 10.2. The summed E-state index contributed by atoms with van der Waals surface area (Å²) in [6.45, 7) is 2.65. The summed E-state index contributed by atoms with van der Waals surface area (Å²) in [4.78, 5) is 4.73. The summed E-state index contributed by atoms with van der Waals surface area (Å²) >= 11 is 0.579. The Balaban J connectivity index is 2.12. The molecule has 2 rings (SSSR count). The van der Waals surface area contributed by atoms with Gasteiger partial charge in [-0.15, -0.1) is 0 Å². The molecule has 0 spiro atoms. The van der Waals surface area contributed by atoms with Crippen molar-refractivity contribution >= 4 is 26.5 Å². The molecule has 0 aromatic carbocycles. The maximum Gasteiger partial charge on any atom is 0.427 e. The first-order valence-electron chi connectivity index (χ1n) is 5.84. The van der Waals surface area contributed by atoms with Crippen LogP contribution in [0, 0.1) is 0 Å². The van der Waals surface area contributed by atoms with Gasteiger partial charge in [0, 0.05) is 25.7 Å². The molecule has 2 heterocycles. The monoisotopic (exact) mass is 329 g/mol. The number of thiazole rings is 1. The van der Waals surface area contributed by atoms with Gasteiger partial charge in [-0.3, -0.25) is 0 Å². The van der Waals surface area contributed by atoms with Crippen LogP contribution in [-0.4, -0.2) is 49.6 Å². The Kier molecular flexibility index (Phi) is 4.00. The molecule has 5 nitrogen and oxygen atoms in total. The SMILES string of the molecule is C[C@H]1CN(c2ncc(C(F)(F)F)s2)CCN1S(C)(=O)=O. The maximum absolute atomic E-state index is 12.5. The molecule has 1 saturated heterocycles. The molecule has 0 bridgehead atoms. The number of hydrogen-bond donors (Lipinski definition) is 0. The molecule has 20 heavy (non-hydrogen) atoms. The van der Waals surface area contributed by atoms with E-state index >= 15 is 0 Å². The number of rotatable bonds is 2. The number of piperazine rings is 1. The van der Waals surface area contributed by atoms with E-state index in [0.29, 0.717) is 24.4 Å². The van der Waals surface area contributed by atoms with E-state index in [1.54, 1.807) is 11.8 Å². The zero-order valence-electron chi connectivity index (χ0n) is 10.9. The summed E-state index contributed by atoms with van der Waals surface area (Å²) in [7, 11) is -3.29. The first-order valence-corrected chi connectivity index (χ1v) is 8.50. The van der Waals surface area contributed by atoms with Crippen LogP contribution in [0.3, 0.4) is 0 Å². The van der Waals surface area contributed by atoms with Crippen molar-refractivity contribution in [3.8, 4) is 0 Å². The van der Waals surface area contributed by atoms with Crippen molar-refractivity contribution in [2.45, 2.75) is 19.1 Å². The van der Waals surface area contributed by atoms with Gasteiger partial charge in [0.2, 0.25) is 10.0 Å². The zero-order chi connectivity index (χ0) is 15.1. The molecule has 1 fully saturated rings. The normalized spacial score (nSPS) is 22.2. The van der Waals surface area contributed by atoms with Crippen LogP contribution in [0.5, 0.6) is 0 Å². The molecule has 0 aliphatic carbocycles. The highest BCUT2D eigenvalue weighted by Crippen LogP contribution is 2.36. The van der Waals surface area contributed by atoms with Crippen molar-refractivity contribution in [2.75, 3.05) is 30.8 Å². The van der Waals surface area contributed by atoms with Crippen LogP contribution in [0.2, 0.25) is 0 Å². The quantitative estimate of drug-likeness (QED) is 0.828. The van der Waals surface area contributed by atoms with Gasteiger partial charge in [0.05, 0.1) is 12.5 Å². The Morgan fingerprint density at radius 1 is 1.40 bits per heavy atom. The summed E-state index contributed by atoms with van der Waals surface area (Å²) in [6, 6.07) is -0.294. The number of sulfonamides is 1. The van der Waals surface area contributed by atoms with Crippen molar-refractivity contribution < 1.29 is 21.6 Å². The molecule has 1 aliphatic heterocycles. The third-order valence-corrected chi connectivity index (χ3v) is 5.53. The van der Waals surface area contributed by atoms with Crippen LogP contribution in [0.1, 0.15) is 11.8 Å². The van der Waals surface area contributed by atoms with Gasteiger partial charge < -0.3 is 4.90 Å². The standard InChI is InChI=1S/C10H14F3N3O2S2/c1-7-6-15(3-4-16(7)20(2,17)18)9-14-5-8(19-9)10(11,12)13/h5,7H,3-4,6H2,1-2H3/t7-/m0/s1. The Hall–Kier alpha value is -0.870. The molecule has 0 amide bonds. The van der Waals surface area contributed by atoms with Crippen molar-refractivity contribution in [1.29, 1.82) is 0 Å². The lowest BCUT2D eigenvalue weighted by Gasteiger charge is -2.38. The fourth-order valence-corrected chi connectivity index (χ4v) is 4.10. The maximum atomic E-state index is 12.5. The molecule has 0 unspecified atom stereocenters. The number of halogens is 3. The van der Waals surface area contributed by atoms with Gasteiger partial charge in [0.1, 0.15) is 4.88 Å². The molecular weight excluding hydrogens is 315 g/mol. The third kappa shape index (κ3) is 3.23. The summed E-state index contributed by atoms with van der Waals surface area (Å²) < 4.78 is 62.0. The van der Waals surface area contributed by atoms with E-state index < -0.39 is 21.1 Å². The molecule has 0 N–H and O–H groups in total. The summed E-state index contributed by atoms with van der Waals surface area (Å²) in [5.41, 5.74) is 0. The highest BCUT2D eigenvalue weighted by Gasteiger charge is 2.35. The number of hydrogen-bond acceptors (Lipinski definition) is 5. The second kappa shape index (κ2) is 5.15. The van der Waals surface area contributed by atoms with E-state index in [9.17, 15) is 21.6 Å². The summed E-state index contributed by atoms with van der Waals surface area (Å²) in [5, 5.41) is 0.275. The fraction of sp³-hybridized carbons (Fsp3) is 0.700. The van der Waals surface area contributed by atoms with Crippen molar-refractivity contribution in [2.24, 2.45) is 0 Å². The lowest BCUT2D eigenvalue weighted by Crippen LogP contribution is -2.53. The highest BCUT2D eigenvalue weighted by molar-refractivity contribution is 7.88. The molecular formula is C10H14F3N3O2S2. The van der Waals surface area contributed by atoms with Gasteiger partial charge in [0.15, 0.2) is 5.13 Å². The molecule has 0 saturated carbocycles. The molecule has 1 aromatic rings. The lowest BCUT2D eigenvalue weighted by molar-refractivity contribution is -0.134. The molecule has 1 atom stereocenters. The minimum absolute atomic E-state index is 0.251. The van der Waals surface area contributed by atoms with E-state index in [-0.39, 0.29) is 17.7 Å². The Labute approximate surface area is 119 Å². The van der Waals surface area contributed by atoms with E-state index in [2.05, 4.69) is 4.98 Å². The predicted molar refractivity (Wildman–Crippen MR) is 70.3 cm³/mol. The Morgan fingerprint density at radius 2 is 2.05 bits per heavy atom. The fourth-order valence-electron chi connectivity index (χ4n) is 2.15. The van der Waals surface area contributed by atoms with Gasteiger partial charge in [-0.25, -0.2) is 13.4 Å². The second-order valence-electron chi connectivity index (χ2n) is 4.67.